The van der Waals surface area contributed by atoms with Crippen LogP contribution in [-0.2, 0) is 0 Å². The van der Waals surface area contributed by atoms with Gasteiger partial charge in [-0.3, -0.25) is 5.10 Å². The monoisotopic (exact) mass is 266 g/mol. The van der Waals surface area contributed by atoms with Crippen LogP contribution in [0, 0.1) is 0 Å². The summed E-state index contributed by atoms with van der Waals surface area (Å²) in [6.45, 7) is 2.06. The van der Waals surface area contributed by atoms with E-state index in [0.29, 0.717) is 0 Å². The predicted octanol–water partition coefficient (Wildman–Crippen LogP) is 2.74. The van der Waals surface area contributed by atoms with Crippen LogP contribution in [0.4, 0.5) is 5.82 Å². The van der Waals surface area contributed by atoms with Crippen LogP contribution in [0.25, 0.3) is 0 Å². The van der Waals surface area contributed by atoms with E-state index in [-0.39, 0.29) is 6.04 Å². The van der Waals surface area contributed by atoms with E-state index >= 15 is 0 Å². The second kappa shape index (κ2) is 4.44. The minimum Gasteiger partial charge on any atom is -0.363 e. The first kappa shape index (κ1) is 10.2. The van der Waals surface area contributed by atoms with E-state index in [2.05, 4.69) is 43.4 Å². The van der Waals surface area contributed by atoms with Crippen molar-refractivity contribution < 1.29 is 0 Å². The minimum atomic E-state index is 0.186. The zero-order chi connectivity index (χ0) is 10.7. The second-order valence-corrected chi connectivity index (χ2v) is 4.06. The average Bonchev–Trinajstić information content (AvgIpc) is 2.70. The average molecular weight is 267 g/mol. The van der Waals surface area contributed by atoms with Crippen molar-refractivity contribution in [3.8, 4) is 0 Å². The Morgan fingerprint density at radius 1 is 1.47 bits per heavy atom. The standard InChI is InChI=1S/C10H11BrN4/c1-7(8-5-12-13-6-8)14-10-4-2-3-9(11)15-10/h2-7H,1H3,(H,12,13)(H,14,15). The van der Waals surface area contributed by atoms with Crippen LogP contribution in [0.1, 0.15) is 18.5 Å². The summed E-state index contributed by atoms with van der Waals surface area (Å²) in [5, 5.41) is 9.98. The van der Waals surface area contributed by atoms with Crippen LogP contribution in [-0.4, -0.2) is 15.2 Å². The van der Waals surface area contributed by atoms with Gasteiger partial charge in [-0.05, 0) is 35.0 Å². The van der Waals surface area contributed by atoms with Crippen LogP contribution in [0.5, 0.6) is 0 Å². The van der Waals surface area contributed by atoms with E-state index in [9.17, 15) is 0 Å². The number of pyridine rings is 1. The Morgan fingerprint density at radius 2 is 2.33 bits per heavy atom. The summed E-state index contributed by atoms with van der Waals surface area (Å²) in [5.74, 6) is 0.845. The number of hydrogen-bond donors (Lipinski definition) is 2. The van der Waals surface area contributed by atoms with Gasteiger partial charge in [-0.1, -0.05) is 6.07 Å². The maximum absolute atomic E-state index is 4.30. The molecule has 0 aliphatic carbocycles. The van der Waals surface area contributed by atoms with Gasteiger partial charge in [0.15, 0.2) is 0 Å². The van der Waals surface area contributed by atoms with E-state index < -0.39 is 0 Å². The smallest absolute Gasteiger partial charge is 0.127 e. The molecule has 4 nitrogen and oxygen atoms in total. The molecule has 0 fully saturated rings. The molecule has 0 aliphatic heterocycles. The number of H-pyrrole nitrogens is 1. The SMILES string of the molecule is CC(Nc1cccc(Br)n1)c1cn[nH]c1. The molecule has 0 amide bonds. The first-order chi connectivity index (χ1) is 7.25. The van der Waals surface area contributed by atoms with Crippen LogP contribution in [0.2, 0.25) is 0 Å². The fraction of sp³-hybridized carbons (Fsp3) is 0.200. The van der Waals surface area contributed by atoms with Crippen molar-refractivity contribution >= 4 is 21.7 Å². The topological polar surface area (TPSA) is 53.6 Å². The third kappa shape index (κ3) is 2.56. The van der Waals surface area contributed by atoms with Crippen molar-refractivity contribution in [3.05, 3.63) is 40.8 Å². The molecule has 0 spiro atoms. The molecule has 2 N–H and O–H groups in total. The summed E-state index contributed by atoms with van der Waals surface area (Å²) < 4.78 is 0.826. The van der Waals surface area contributed by atoms with Gasteiger partial charge in [-0.15, -0.1) is 0 Å². The number of halogens is 1. The summed E-state index contributed by atoms with van der Waals surface area (Å²) in [6, 6.07) is 5.96. The number of aromatic amines is 1. The van der Waals surface area contributed by atoms with Crippen molar-refractivity contribution in [2.75, 3.05) is 5.32 Å². The number of nitrogens with zero attached hydrogens (tertiary/aromatic N) is 2. The molecule has 1 unspecified atom stereocenters. The van der Waals surface area contributed by atoms with Crippen LogP contribution in [0.3, 0.4) is 0 Å². The van der Waals surface area contributed by atoms with Gasteiger partial charge in [0, 0.05) is 11.8 Å². The summed E-state index contributed by atoms with van der Waals surface area (Å²) >= 11 is 3.33. The summed E-state index contributed by atoms with van der Waals surface area (Å²) in [6.07, 6.45) is 3.67. The fourth-order valence-corrected chi connectivity index (χ4v) is 1.64. The maximum atomic E-state index is 4.30. The molecular weight excluding hydrogens is 256 g/mol. The van der Waals surface area contributed by atoms with Gasteiger partial charge in [-0.25, -0.2) is 4.98 Å². The largest absolute Gasteiger partial charge is 0.363 e. The Morgan fingerprint density at radius 3 is 3.00 bits per heavy atom. The number of hydrogen-bond acceptors (Lipinski definition) is 3. The summed E-state index contributed by atoms with van der Waals surface area (Å²) in [5.41, 5.74) is 1.11. The molecule has 15 heavy (non-hydrogen) atoms. The molecule has 78 valence electrons. The zero-order valence-corrected chi connectivity index (χ0v) is 9.82. The van der Waals surface area contributed by atoms with E-state index in [1.54, 1.807) is 6.20 Å². The molecule has 0 radical (unpaired) electrons. The van der Waals surface area contributed by atoms with Gasteiger partial charge in [0.1, 0.15) is 10.4 Å². The first-order valence-electron chi connectivity index (χ1n) is 4.63. The molecular formula is C10H11BrN4. The molecule has 2 rings (SSSR count). The highest BCUT2D eigenvalue weighted by atomic mass is 79.9. The first-order valence-corrected chi connectivity index (χ1v) is 5.43. The molecule has 1 atom stereocenters. The normalized spacial score (nSPS) is 12.4. The highest BCUT2D eigenvalue weighted by Gasteiger charge is 2.06. The van der Waals surface area contributed by atoms with Gasteiger partial charge in [0.05, 0.1) is 12.2 Å². The van der Waals surface area contributed by atoms with Crippen molar-refractivity contribution in [1.82, 2.24) is 15.2 Å². The molecule has 2 aromatic heterocycles. The van der Waals surface area contributed by atoms with Crippen molar-refractivity contribution in [2.24, 2.45) is 0 Å². The summed E-state index contributed by atoms with van der Waals surface area (Å²) in [7, 11) is 0. The number of rotatable bonds is 3. The Labute approximate surface area is 96.3 Å². The number of anilines is 1. The maximum Gasteiger partial charge on any atom is 0.127 e. The molecule has 2 aromatic rings. The van der Waals surface area contributed by atoms with E-state index in [0.717, 1.165) is 16.0 Å². The third-order valence-electron chi connectivity index (χ3n) is 2.10. The van der Waals surface area contributed by atoms with Gasteiger partial charge in [-0.2, -0.15) is 5.10 Å². The van der Waals surface area contributed by atoms with Crippen molar-refractivity contribution in [1.29, 1.82) is 0 Å². The Kier molecular flexibility index (Phi) is 3.01. The zero-order valence-electron chi connectivity index (χ0n) is 8.24. The minimum absolute atomic E-state index is 0.186. The van der Waals surface area contributed by atoms with Crippen LogP contribution >= 0.6 is 15.9 Å². The molecule has 0 aromatic carbocycles. The Hall–Kier alpha value is -1.36. The quantitative estimate of drug-likeness (QED) is 0.841. The summed E-state index contributed by atoms with van der Waals surface area (Å²) in [4.78, 5) is 4.30. The Bertz CT molecular complexity index is 427. The molecule has 2 heterocycles. The third-order valence-corrected chi connectivity index (χ3v) is 2.54. The van der Waals surface area contributed by atoms with Crippen LogP contribution in [0.15, 0.2) is 35.2 Å². The lowest BCUT2D eigenvalue weighted by molar-refractivity contribution is 0.874. The predicted molar refractivity (Wildman–Crippen MR) is 62.6 cm³/mol. The fourth-order valence-electron chi connectivity index (χ4n) is 1.29. The highest BCUT2D eigenvalue weighted by molar-refractivity contribution is 9.10. The van der Waals surface area contributed by atoms with Crippen LogP contribution < -0.4 is 5.32 Å². The van der Waals surface area contributed by atoms with Gasteiger partial charge >= 0.3 is 0 Å². The Balaban J connectivity index is 2.09. The van der Waals surface area contributed by atoms with E-state index in [4.69, 9.17) is 0 Å². The second-order valence-electron chi connectivity index (χ2n) is 3.24. The van der Waals surface area contributed by atoms with Crippen molar-refractivity contribution in [3.63, 3.8) is 0 Å². The lowest BCUT2D eigenvalue weighted by Crippen LogP contribution is -2.06. The molecule has 0 bridgehead atoms. The molecule has 0 saturated heterocycles. The van der Waals surface area contributed by atoms with Gasteiger partial charge < -0.3 is 5.32 Å². The highest BCUT2D eigenvalue weighted by Crippen LogP contribution is 2.17. The lowest BCUT2D eigenvalue weighted by Gasteiger charge is -2.12. The van der Waals surface area contributed by atoms with Gasteiger partial charge in [0.2, 0.25) is 0 Å². The lowest BCUT2D eigenvalue weighted by atomic mass is 10.2. The molecule has 0 aliphatic rings. The van der Waals surface area contributed by atoms with Crippen molar-refractivity contribution in [2.45, 2.75) is 13.0 Å². The van der Waals surface area contributed by atoms with E-state index in [1.807, 2.05) is 24.4 Å². The number of nitrogens with one attached hydrogen (secondary N) is 2. The van der Waals surface area contributed by atoms with Gasteiger partial charge in [0.25, 0.3) is 0 Å². The molecule has 5 heteroatoms. The number of aromatic nitrogens is 3. The van der Waals surface area contributed by atoms with E-state index in [1.165, 1.54) is 0 Å². The molecule has 0 saturated carbocycles.